The van der Waals surface area contributed by atoms with Crippen molar-refractivity contribution >= 4 is 11.8 Å². The third-order valence-corrected chi connectivity index (χ3v) is 2.10. The van der Waals surface area contributed by atoms with E-state index in [0.717, 1.165) is 0 Å². The van der Waals surface area contributed by atoms with Crippen molar-refractivity contribution in [1.82, 2.24) is 0 Å². The average molecular weight is 131 g/mol. The molecule has 0 aliphatic rings. The molecule has 0 aromatic carbocycles. The van der Waals surface area contributed by atoms with Gasteiger partial charge < -0.3 is 5.73 Å². The van der Waals surface area contributed by atoms with Crippen LogP contribution in [0.5, 0.6) is 0 Å². The molecule has 0 aliphatic carbocycles. The molecule has 2 heteroatoms. The van der Waals surface area contributed by atoms with Gasteiger partial charge in [0, 0.05) is 11.3 Å². The van der Waals surface area contributed by atoms with Gasteiger partial charge in [0.05, 0.1) is 0 Å². The fourth-order valence-electron chi connectivity index (χ4n) is 0.276. The van der Waals surface area contributed by atoms with Crippen molar-refractivity contribution in [3.8, 4) is 0 Å². The monoisotopic (exact) mass is 131 g/mol. The van der Waals surface area contributed by atoms with E-state index in [2.05, 4.69) is 13.5 Å². The van der Waals surface area contributed by atoms with Crippen LogP contribution in [0.2, 0.25) is 0 Å². The topological polar surface area (TPSA) is 26.0 Å². The van der Waals surface area contributed by atoms with Gasteiger partial charge >= 0.3 is 0 Å². The van der Waals surface area contributed by atoms with Crippen molar-refractivity contribution in [3.63, 3.8) is 0 Å². The zero-order valence-corrected chi connectivity index (χ0v) is 6.24. The van der Waals surface area contributed by atoms with Crippen molar-refractivity contribution in [2.24, 2.45) is 5.73 Å². The summed E-state index contributed by atoms with van der Waals surface area (Å²) in [6, 6.07) is 0.262. The first-order chi connectivity index (χ1) is 3.68. The Balaban J connectivity index is 3.30. The number of rotatable bonds is 3. The van der Waals surface area contributed by atoms with Gasteiger partial charge in [-0.1, -0.05) is 13.5 Å². The van der Waals surface area contributed by atoms with E-state index in [4.69, 9.17) is 5.73 Å². The molecule has 0 spiro atoms. The molecule has 0 saturated heterocycles. The highest BCUT2D eigenvalue weighted by atomic mass is 32.2. The van der Waals surface area contributed by atoms with Gasteiger partial charge in [0.25, 0.3) is 0 Å². The Bertz CT molecular complexity index is 70.9. The third-order valence-electron chi connectivity index (χ3n) is 1.05. The first kappa shape index (κ1) is 8.05. The first-order valence-corrected chi connectivity index (χ1v) is 3.64. The quantitative estimate of drug-likeness (QED) is 0.629. The summed E-state index contributed by atoms with van der Waals surface area (Å²) in [4.78, 5) is 0. The minimum absolute atomic E-state index is 0.262. The van der Waals surface area contributed by atoms with E-state index < -0.39 is 0 Å². The molecule has 48 valence electrons. The van der Waals surface area contributed by atoms with E-state index in [0.29, 0.717) is 5.25 Å². The smallest absolute Gasteiger partial charge is 0.0209 e. The molecule has 0 aliphatic heterocycles. The summed E-state index contributed by atoms with van der Waals surface area (Å²) >= 11 is 1.68. The molecule has 0 fully saturated rings. The zero-order chi connectivity index (χ0) is 6.57. The molecule has 2 N–H and O–H groups in total. The van der Waals surface area contributed by atoms with Crippen molar-refractivity contribution in [3.05, 3.63) is 12.0 Å². The van der Waals surface area contributed by atoms with Crippen molar-refractivity contribution in [1.29, 1.82) is 0 Å². The van der Waals surface area contributed by atoms with Gasteiger partial charge in [-0.25, -0.2) is 0 Å². The van der Waals surface area contributed by atoms with Gasteiger partial charge in [0.15, 0.2) is 0 Å². The number of thioether (sulfide) groups is 1. The lowest BCUT2D eigenvalue weighted by Crippen LogP contribution is -2.25. The van der Waals surface area contributed by atoms with Gasteiger partial charge in [-0.15, -0.1) is 11.8 Å². The van der Waals surface area contributed by atoms with E-state index in [1.807, 2.05) is 12.3 Å². The number of nitrogens with two attached hydrogens (primary N) is 1. The molecule has 1 nitrogen and oxygen atoms in total. The van der Waals surface area contributed by atoms with Crippen LogP contribution in [0, 0.1) is 0 Å². The lowest BCUT2D eigenvalue weighted by Gasteiger charge is -2.10. The molecule has 0 aromatic heterocycles. The Morgan fingerprint density at radius 2 is 2.12 bits per heavy atom. The minimum Gasteiger partial charge on any atom is -0.327 e. The fraction of sp³-hybridized carbons (Fsp3) is 0.667. The molecule has 2 unspecified atom stereocenters. The Morgan fingerprint density at radius 1 is 1.62 bits per heavy atom. The van der Waals surface area contributed by atoms with Crippen LogP contribution < -0.4 is 5.73 Å². The lowest BCUT2D eigenvalue weighted by atomic mass is 10.3. The second-order valence-corrected chi connectivity index (χ2v) is 3.22. The summed E-state index contributed by atoms with van der Waals surface area (Å²) in [6.07, 6.45) is 0. The summed E-state index contributed by atoms with van der Waals surface area (Å²) in [5.41, 5.74) is 5.55. The number of hydrogen-bond donors (Lipinski definition) is 1. The molecule has 0 bridgehead atoms. The lowest BCUT2D eigenvalue weighted by molar-refractivity contribution is 0.733. The average Bonchev–Trinajstić information content (AvgIpc) is 1.67. The van der Waals surface area contributed by atoms with Gasteiger partial charge in [-0.3, -0.25) is 0 Å². The maximum Gasteiger partial charge on any atom is 0.0209 e. The zero-order valence-electron chi connectivity index (χ0n) is 5.42. The van der Waals surface area contributed by atoms with Crippen LogP contribution in [0.25, 0.3) is 0 Å². The van der Waals surface area contributed by atoms with Crippen molar-refractivity contribution in [2.45, 2.75) is 25.1 Å². The van der Waals surface area contributed by atoms with E-state index in [1.54, 1.807) is 11.8 Å². The minimum atomic E-state index is 0.262. The Hall–Kier alpha value is 0.0500. The maximum absolute atomic E-state index is 5.55. The van der Waals surface area contributed by atoms with E-state index in [9.17, 15) is 0 Å². The third kappa shape index (κ3) is 3.10. The largest absolute Gasteiger partial charge is 0.327 e. The van der Waals surface area contributed by atoms with Crippen LogP contribution in [0.3, 0.4) is 0 Å². The van der Waals surface area contributed by atoms with Crippen LogP contribution >= 0.6 is 11.8 Å². The maximum atomic E-state index is 5.55. The normalized spacial score (nSPS) is 17.4. The summed E-state index contributed by atoms with van der Waals surface area (Å²) in [5, 5.41) is 2.32. The van der Waals surface area contributed by atoms with Crippen molar-refractivity contribution in [2.75, 3.05) is 0 Å². The molecule has 0 amide bonds. The molecule has 2 atom stereocenters. The van der Waals surface area contributed by atoms with Crippen LogP contribution in [-0.2, 0) is 0 Å². The van der Waals surface area contributed by atoms with Gasteiger partial charge in [-0.05, 0) is 12.3 Å². The Morgan fingerprint density at radius 3 is 2.25 bits per heavy atom. The fourth-order valence-corrected chi connectivity index (χ4v) is 0.827. The van der Waals surface area contributed by atoms with Gasteiger partial charge in [0.2, 0.25) is 0 Å². The predicted octanol–water partition coefficient (Wildman–Crippen LogP) is 1.60. The standard InChI is InChI=1S/C6H13NS/c1-4-8-6(3)5(2)7/h4-6H,1,7H2,2-3H3. The SMILES string of the molecule is C=CSC(C)C(C)N. The molecular weight excluding hydrogens is 118 g/mol. The summed E-state index contributed by atoms with van der Waals surface area (Å²) < 4.78 is 0. The van der Waals surface area contributed by atoms with Gasteiger partial charge in [-0.2, -0.15) is 0 Å². The van der Waals surface area contributed by atoms with Crippen LogP contribution in [0.15, 0.2) is 12.0 Å². The second kappa shape index (κ2) is 3.98. The van der Waals surface area contributed by atoms with Crippen LogP contribution in [0.4, 0.5) is 0 Å². The highest BCUT2D eigenvalue weighted by molar-refractivity contribution is 8.02. The van der Waals surface area contributed by atoms with Crippen LogP contribution in [-0.4, -0.2) is 11.3 Å². The predicted molar refractivity (Wildman–Crippen MR) is 40.9 cm³/mol. The van der Waals surface area contributed by atoms with Crippen molar-refractivity contribution < 1.29 is 0 Å². The molecular formula is C6H13NS. The Kier molecular flexibility index (Phi) is 4.01. The highest BCUT2D eigenvalue weighted by Gasteiger charge is 2.03. The number of hydrogen-bond acceptors (Lipinski definition) is 2. The van der Waals surface area contributed by atoms with E-state index in [1.165, 1.54) is 0 Å². The molecule has 0 heterocycles. The molecule has 8 heavy (non-hydrogen) atoms. The molecule has 0 saturated carbocycles. The summed E-state index contributed by atoms with van der Waals surface area (Å²) in [6.45, 7) is 7.69. The van der Waals surface area contributed by atoms with Crippen LogP contribution in [0.1, 0.15) is 13.8 Å². The highest BCUT2D eigenvalue weighted by Crippen LogP contribution is 2.12. The first-order valence-electron chi connectivity index (χ1n) is 2.70. The molecule has 0 rings (SSSR count). The molecule has 0 radical (unpaired) electrons. The van der Waals surface area contributed by atoms with E-state index in [-0.39, 0.29) is 6.04 Å². The molecule has 0 aromatic rings. The van der Waals surface area contributed by atoms with E-state index >= 15 is 0 Å². The summed E-state index contributed by atoms with van der Waals surface area (Å²) in [7, 11) is 0. The van der Waals surface area contributed by atoms with Gasteiger partial charge in [0.1, 0.15) is 0 Å². The second-order valence-electron chi connectivity index (χ2n) is 1.87. The summed E-state index contributed by atoms with van der Waals surface area (Å²) in [5.74, 6) is 0. The Labute approximate surface area is 55.3 Å².